The Hall–Kier alpha value is -1.06. The van der Waals surface area contributed by atoms with Crippen molar-refractivity contribution in [3.8, 4) is 5.75 Å². The molecule has 18 heavy (non-hydrogen) atoms. The van der Waals surface area contributed by atoms with E-state index in [9.17, 15) is 0 Å². The Labute approximate surface area is 109 Å². The van der Waals surface area contributed by atoms with E-state index in [1.165, 1.54) is 18.5 Å². The zero-order valence-electron chi connectivity index (χ0n) is 11.0. The van der Waals surface area contributed by atoms with Crippen LogP contribution >= 0.6 is 0 Å². The van der Waals surface area contributed by atoms with Gasteiger partial charge >= 0.3 is 0 Å². The summed E-state index contributed by atoms with van der Waals surface area (Å²) in [5.41, 5.74) is 7.37. The second-order valence-corrected chi connectivity index (χ2v) is 5.71. The molecular formula is C15H22N2O. The maximum absolute atomic E-state index is 5.99. The average molecular weight is 246 g/mol. The van der Waals surface area contributed by atoms with Gasteiger partial charge in [0.2, 0.25) is 0 Å². The van der Waals surface area contributed by atoms with E-state index in [0.717, 1.165) is 25.4 Å². The van der Waals surface area contributed by atoms with E-state index in [2.05, 4.69) is 30.0 Å². The lowest BCUT2D eigenvalue weighted by Crippen LogP contribution is -2.32. The predicted molar refractivity (Wildman–Crippen MR) is 72.9 cm³/mol. The van der Waals surface area contributed by atoms with Crippen LogP contribution in [0.5, 0.6) is 5.75 Å². The van der Waals surface area contributed by atoms with Gasteiger partial charge in [-0.2, -0.15) is 0 Å². The summed E-state index contributed by atoms with van der Waals surface area (Å²) >= 11 is 0. The Morgan fingerprint density at radius 1 is 1.44 bits per heavy atom. The first-order valence-electron chi connectivity index (χ1n) is 6.93. The number of ether oxygens (including phenoxy) is 1. The molecule has 2 heterocycles. The van der Waals surface area contributed by atoms with Crippen molar-refractivity contribution in [2.45, 2.75) is 25.3 Å². The molecule has 0 aromatic heterocycles. The van der Waals surface area contributed by atoms with Gasteiger partial charge in [-0.3, -0.25) is 0 Å². The minimum Gasteiger partial charge on any atom is -0.493 e. The molecule has 1 fully saturated rings. The smallest absolute Gasteiger partial charge is 0.122 e. The molecule has 1 saturated heterocycles. The van der Waals surface area contributed by atoms with E-state index >= 15 is 0 Å². The Kier molecular flexibility index (Phi) is 3.27. The van der Waals surface area contributed by atoms with Crippen LogP contribution in [0, 0.1) is 5.92 Å². The Morgan fingerprint density at radius 2 is 2.28 bits per heavy atom. The molecule has 0 saturated carbocycles. The number of fused-ring (bicyclic) bond motifs is 1. The highest BCUT2D eigenvalue weighted by Gasteiger charge is 2.30. The fourth-order valence-electron chi connectivity index (χ4n) is 3.15. The van der Waals surface area contributed by atoms with Crippen LogP contribution in [-0.2, 0) is 0 Å². The fourth-order valence-corrected chi connectivity index (χ4v) is 3.15. The van der Waals surface area contributed by atoms with E-state index in [-0.39, 0.29) is 0 Å². The molecule has 3 atom stereocenters. The molecule has 0 amide bonds. The molecule has 0 radical (unpaired) electrons. The molecule has 3 heteroatoms. The summed E-state index contributed by atoms with van der Waals surface area (Å²) in [6, 6.07) is 8.75. The Balaban J connectivity index is 1.62. The van der Waals surface area contributed by atoms with Crippen molar-refractivity contribution in [1.82, 2.24) is 4.90 Å². The minimum atomic E-state index is 0.321. The van der Waals surface area contributed by atoms with E-state index in [1.54, 1.807) is 0 Å². The van der Waals surface area contributed by atoms with Crippen LogP contribution in [0.25, 0.3) is 0 Å². The highest BCUT2D eigenvalue weighted by Crippen LogP contribution is 2.34. The van der Waals surface area contributed by atoms with Gasteiger partial charge in [0.1, 0.15) is 5.75 Å². The van der Waals surface area contributed by atoms with Gasteiger partial charge in [0.25, 0.3) is 0 Å². The molecule has 3 nitrogen and oxygen atoms in total. The summed E-state index contributed by atoms with van der Waals surface area (Å²) < 4.78 is 5.74. The second-order valence-electron chi connectivity index (χ2n) is 5.71. The first-order chi connectivity index (χ1) is 8.74. The maximum atomic E-state index is 5.99. The fraction of sp³-hybridized carbons (Fsp3) is 0.600. The van der Waals surface area contributed by atoms with Gasteiger partial charge in [0, 0.05) is 30.6 Å². The van der Waals surface area contributed by atoms with Crippen LogP contribution in [0.15, 0.2) is 24.3 Å². The third-order valence-corrected chi connectivity index (χ3v) is 4.33. The predicted octanol–water partition coefficient (Wildman–Crippen LogP) is 1.83. The quantitative estimate of drug-likeness (QED) is 0.884. The zero-order chi connectivity index (χ0) is 12.5. The summed E-state index contributed by atoms with van der Waals surface area (Å²) in [7, 11) is 0. The lowest BCUT2D eigenvalue weighted by molar-refractivity contribution is 0.259. The van der Waals surface area contributed by atoms with Crippen LogP contribution in [-0.4, -0.2) is 37.2 Å². The highest BCUT2D eigenvalue weighted by molar-refractivity contribution is 5.39. The zero-order valence-corrected chi connectivity index (χ0v) is 11.0. The third-order valence-electron chi connectivity index (χ3n) is 4.33. The number of rotatable bonds is 3. The minimum absolute atomic E-state index is 0.321. The van der Waals surface area contributed by atoms with Crippen molar-refractivity contribution in [2.75, 3.05) is 26.2 Å². The van der Waals surface area contributed by atoms with E-state index < -0.39 is 0 Å². The number of para-hydroxylation sites is 1. The monoisotopic (exact) mass is 246 g/mol. The molecule has 0 aliphatic carbocycles. The van der Waals surface area contributed by atoms with Crippen molar-refractivity contribution >= 4 is 0 Å². The standard InChI is InChI=1S/C15H22N2O/c1-11(16)12-6-7-17(8-12)9-13-10-18-15-5-3-2-4-14(13)15/h2-5,11-13H,6-10,16H2,1H3. The van der Waals surface area contributed by atoms with Crippen LogP contribution in [0.1, 0.15) is 24.8 Å². The average Bonchev–Trinajstić information content (AvgIpc) is 2.98. The Bertz CT molecular complexity index is 419. The molecule has 0 spiro atoms. The number of likely N-dealkylation sites (tertiary alicyclic amines) is 1. The summed E-state index contributed by atoms with van der Waals surface area (Å²) in [6.45, 7) is 6.41. The normalized spacial score (nSPS) is 29.0. The van der Waals surface area contributed by atoms with Crippen molar-refractivity contribution in [1.29, 1.82) is 0 Å². The molecule has 98 valence electrons. The molecule has 0 bridgehead atoms. The third kappa shape index (κ3) is 2.25. The van der Waals surface area contributed by atoms with E-state index in [1.807, 2.05) is 6.07 Å². The molecule has 2 N–H and O–H groups in total. The van der Waals surface area contributed by atoms with Crippen molar-refractivity contribution in [3.63, 3.8) is 0 Å². The molecule has 3 rings (SSSR count). The number of benzene rings is 1. The number of nitrogens with two attached hydrogens (primary N) is 1. The molecule has 1 aromatic carbocycles. The highest BCUT2D eigenvalue weighted by atomic mass is 16.5. The number of hydrogen-bond donors (Lipinski definition) is 1. The van der Waals surface area contributed by atoms with Crippen LogP contribution in [0.3, 0.4) is 0 Å². The number of nitrogens with zero attached hydrogens (tertiary/aromatic N) is 1. The maximum Gasteiger partial charge on any atom is 0.122 e. The summed E-state index contributed by atoms with van der Waals surface area (Å²) in [4.78, 5) is 2.55. The van der Waals surface area contributed by atoms with Gasteiger partial charge in [0.05, 0.1) is 6.61 Å². The topological polar surface area (TPSA) is 38.5 Å². The second kappa shape index (κ2) is 4.90. The van der Waals surface area contributed by atoms with Gasteiger partial charge < -0.3 is 15.4 Å². The van der Waals surface area contributed by atoms with Crippen LogP contribution in [0.4, 0.5) is 0 Å². The van der Waals surface area contributed by atoms with Crippen LogP contribution < -0.4 is 10.5 Å². The van der Waals surface area contributed by atoms with Gasteiger partial charge in [-0.15, -0.1) is 0 Å². The molecule has 2 aliphatic rings. The van der Waals surface area contributed by atoms with E-state index in [0.29, 0.717) is 17.9 Å². The molecular weight excluding hydrogens is 224 g/mol. The van der Waals surface area contributed by atoms with Crippen molar-refractivity contribution < 1.29 is 4.74 Å². The van der Waals surface area contributed by atoms with Crippen molar-refractivity contribution in [3.05, 3.63) is 29.8 Å². The van der Waals surface area contributed by atoms with Gasteiger partial charge in [0.15, 0.2) is 0 Å². The van der Waals surface area contributed by atoms with Gasteiger partial charge in [-0.1, -0.05) is 18.2 Å². The summed E-state index contributed by atoms with van der Waals surface area (Å²) in [5, 5.41) is 0. The lowest BCUT2D eigenvalue weighted by Gasteiger charge is -2.20. The first-order valence-corrected chi connectivity index (χ1v) is 6.93. The first kappa shape index (κ1) is 12.0. The Morgan fingerprint density at radius 3 is 3.06 bits per heavy atom. The molecule has 2 aliphatic heterocycles. The largest absolute Gasteiger partial charge is 0.493 e. The van der Waals surface area contributed by atoms with Crippen LogP contribution in [0.2, 0.25) is 0 Å². The van der Waals surface area contributed by atoms with Gasteiger partial charge in [-0.05, 0) is 31.9 Å². The lowest BCUT2D eigenvalue weighted by atomic mass is 10.0. The molecule has 1 aromatic rings. The number of hydrogen-bond acceptors (Lipinski definition) is 3. The van der Waals surface area contributed by atoms with Crippen molar-refractivity contribution in [2.24, 2.45) is 11.7 Å². The SMILES string of the molecule is CC(N)C1CCN(CC2COc3ccccc32)C1. The van der Waals surface area contributed by atoms with E-state index in [4.69, 9.17) is 10.5 Å². The summed E-state index contributed by atoms with van der Waals surface area (Å²) in [5.74, 6) is 2.28. The molecule has 3 unspecified atom stereocenters. The van der Waals surface area contributed by atoms with Gasteiger partial charge in [-0.25, -0.2) is 0 Å². The summed E-state index contributed by atoms with van der Waals surface area (Å²) in [6.07, 6.45) is 1.24.